The van der Waals surface area contributed by atoms with Crippen LogP contribution in [0.5, 0.6) is 5.75 Å². The van der Waals surface area contributed by atoms with Gasteiger partial charge in [0, 0.05) is 7.11 Å². The van der Waals surface area contributed by atoms with E-state index in [1.165, 1.54) is 10.9 Å². The maximum Gasteiger partial charge on any atom is 0.412 e. The number of carbonyl (C=O) groups is 1. The van der Waals surface area contributed by atoms with Crippen LogP contribution in [0.15, 0.2) is 29.3 Å². The Kier molecular flexibility index (Phi) is 5.92. The van der Waals surface area contributed by atoms with Crippen LogP contribution in [0.4, 0.5) is 16.3 Å². The van der Waals surface area contributed by atoms with Gasteiger partial charge in [0.2, 0.25) is 0 Å². The van der Waals surface area contributed by atoms with Gasteiger partial charge in [0.1, 0.15) is 29.8 Å². The van der Waals surface area contributed by atoms with E-state index < -0.39 is 17.4 Å². The van der Waals surface area contributed by atoms with E-state index in [1.54, 1.807) is 46.1 Å². The predicted molar refractivity (Wildman–Crippen MR) is 111 cm³/mol. The Morgan fingerprint density at radius 1 is 1.27 bits per heavy atom. The fourth-order valence-electron chi connectivity index (χ4n) is 2.71. The highest BCUT2D eigenvalue weighted by molar-refractivity contribution is 5.88. The molecule has 0 radical (unpaired) electrons. The van der Waals surface area contributed by atoms with Crippen LogP contribution in [-0.2, 0) is 9.47 Å². The smallest absolute Gasteiger partial charge is 0.412 e. The third-order valence-electron chi connectivity index (χ3n) is 3.91. The lowest BCUT2D eigenvalue weighted by molar-refractivity contribution is 0.0635. The Bertz CT molecular complexity index is 1110. The van der Waals surface area contributed by atoms with E-state index in [-0.39, 0.29) is 12.4 Å². The highest BCUT2D eigenvalue weighted by Gasteiger charge is 2.19. The molecular weight excluding hydrogens is 392 g/mol. The second-order valence-corrected chi connectivity index (χ2v) is 7.37. The highest BCUT2D eigenvalue weighted by atomic mass is 16.6. The van der Waals surface area contributed by atoms with Crippen LogP contribution < -0.4 is 21.5 Å². The van der Waals surface area contributed by atoms with Crippen molar-refractivity contribution in [2.75, 3.05) is 31.4 Å². The second kappa shape index (κ2) is 8.41. The molecule has 0 aliphatic heterocycles. The number of hydrogen-bond acceptors (Lipinski definition) is 8. The Labute approximate surface area is 172 Å². The summed E-state index contributed by atoms with van der Waals surface area (Å²) in [5.41, 5.74) is 6.09. The molecule has 1 aromatic carbocycles. The lowest BCUT2D eigenvalue weighted by atomic mass is 10.2. The minimum absolute atomic E-state index is 0.155. The standard InChI is InChI=1S/C19H24N6O5/c1-19(2,3)30-18(27)23-12-9-11(5-6-13(12)29-8-7-28-4)25-16-14(24-17(25)26)15(20)21-10-22-16/h5-6,9-10H,7-8H2,1-4H3,(H,23,27)(H,24,26)(H2,20,21,22). The van der Waals surface area contributed by atoms with Crippen molar-refractivity contribution in [1.29, 1.82) is 0 Å². The van der Waals surface area contributed by atoms with Gasteiger partial charge in [0.15, 0.2) is 11.5 Å². The number of rotatable bonds is 6. The Morgan fingerprint density at radius 2 is 2.03 bits per heavy atom. The normalized spacial score (nSPS) is 11.5. The summed E-state index contributed by atoms with van der Waals surface area (Å²) in [6.45, 7) is 5.92. The van der Waals surface area contributed by atoms with Crippen LogP contribution >= 0.6 is 0 Å². The molecule has 0 saturated heterocycles. The quantitative estimate of drug-likeness (QED) is 0.518. The van der Waals surface area contributed by atoms with E-state index in [0.29, 0.717) is 34.9 Å². The molecule has 0 spiro atoms. The molecule has 2 heterocycles. The van der Waals surface area contributed by atoms with Gasteiger partial charge < -0.3 is 24.9 Å². The molecule has 2 aromatic heterocycles. The minimum atomic E-state index is -0.680. The summed E-state index contributed by atoms with van der Waals surface area (Å²) in [6, 6.07) is 4.88. The minimum Gasteiger partial charge on any atom is -0.489 e. The number of ether oxygens (including phenoxy) is 3. The summed E-state index contributed by atoms with van der Waals surface area (Å²) in [7, 11) is 1.56. The summed E-state index contributed by atoms with van der Waals surface area (Å²) in [5.74, 6) is 0.547. The van der Waals surface area contributed by atoms with Crippen molar-refractivity contribution < 1.29 is 19.0 Å². The van der Waals surface area contributed by atoms with E-state index in [0.717, 1.165) is 0 Å². The molecule has 0 fully saturated rings. The average Bonchev–Trinajstić information content (AvgIpc) is 2.99. The van der Waals surface area contributed by atoms with Crippen molar-refractivity contribution in [1.82, 2.24) is 19.5 Å². The molecule has 0 bridgehead atoms. The van der Waals surface area contributed by atoms with Crippen molar-refractivity contribution in [2.45, 2.75) is 26.4 Å². The van der Waals surface area contributed by atoms with Crippen molar-refractivity contribution in [2.24, 2.45) is 0 Å². The number of fused-ring (bicyclic) bond motifs is 1. The molecule has 0 saturated carbocycles. The Hall–Kier alpha value is -3.60. The summed E-state index contributed by atoms with van der Waals surface area (Å²) in [5, 5.41) is 2.67. The maximum absolute atomic E-state index is 12.5. The van der Waals surface area contributed by atoms with E-state index in [4.69, 9.17) is 19.9 Å². The molecule has 0 aliphatic carbocycles. The van der Waals surface area contributed by atoms with E-state index in [9.17, 15) is 9.59 Å². The topological polar surface area (TPSA) is 146 Å². The maximum atomic E-state index is 12.5. The summed E-state index contributed by atoms with van der Waals surface area (Å²) in [4.78, 5) is 35.5. The van der Waals surface area contributed by atoms with E-state index >= 15 is 0 Å². The zero-order valence-corrected chi connectivity index (χ0v) is 17.2. The number of nitrogens with one attached hydrogen (secondary N) is 2. The molecule has 0 atom stereocenters. The summed E-state index contributed by atoms with van der Waals surface area (Å²) >= 11 is 0. The number of H-pyrrole nitrogens is 1. The first-order valence-corrected chi connectivity index (χ1v) is 9.17. The van der Waals surface area contributed by atoms with Crippen molar-refractivity contribution >= 4 is 28.8 Å². The van der Waals surface area contributed by atoms with Gasteiger partial charge in [-0.1, -0.05) is 0 Å². The lowest BCUT2D eigenvalue weighted by Gasteiger charge is -2.21. The number of methoxy groups -OCH3 is 1. The van der Waals surface area contributed by atoms with Gasteiger partial charge in [0.05, 0.1) is 18.0 Å². The molecule has 0 unspecified atom stereocenters. The van der Waals surface area contributed by atoms with Gasteiger partial charge in [-0.15, -0.1) is 0 Å². The zero-order chi connectivity index (χ0) is 21.9. The molecule has 30 heavy (non-hydrogen) atoms. The van der Waals surface area contributed by atoms with Crippen molar-refractivity contribution in [3.63, 3.8) is 0 Å². The lowest BCUT2D eigenvalue weighted by Crippen LogP contribution is -2.27. The van der Waals surface area contributed by atoms with Crippen LogP contribution in [0, 0.1) is 0 Å². The molecule has 4 N–H and O–H groups in total. The number of nitrogen functional groups attached to an aromatic ring is 1. The molecule has 0 aliphatic rings. The predicted octanol–water partition coefficient (Wildman–Crippen LogP) is 2.06. The van der Waals surface area contributed by atoms with E-state index in [2.05, 4.69) is 20.3 Å². The monoisotopic (exact) mass is 416 g/mol. The average molecular weight is 416 g/mol. The molecule has 1 amide bonds. The third-order valence-corrected chi connectivity index (χ3v) is 3.91. The first-order valence-electron chi connectivity index (χ1n) is 9.17. The highest BCUT2D eigenvalue weighted by Crippen LogP contribution is 2.29. The number of nitrogens with two attached hydrogens (primary N) is 1. The Morgan fingerprint density at radius 3 is 2.73 bits per heavy atom. The van der Waals surface area contributed by atoms with Gasteiger partial charge in [-0.25, -0.2) is 24.1 Å². The fourth-order valence-corrected chi connectivity index (χ4v) is 2.71. The number of amides is 1. The summed E-state index contributed by atoms with van der Waals surface area (Å²) in [6.07, 6.45) is 0.609. The molecule has 11 nitrogen and oxygen atoms in total. The number of anilines is 2. The van der Waals surface area contributed by atoms with E-state index in [1.807, 2.05) is 0 Å². The van der Waals surface area contributed by atoms with Crippen LogP contribution in [0.3, 0.4) is 0 Å². The summed E-state index contributed by atoms with van der Waals surface area (Å²) < 4.78 is 17.3. The number of aromatic amines is 1. The fraction of sp³-hybridized carbons (Fsp3) is 0.368. The second-order valence-electron chi connectivity index (χ2n) is 7.37. The first-order chi connectivity index (χ1) is 14.2. The largest absolute Gasteiger partial charge is 0.489 e. The molecule has 3 rings (SSSR count). The SMILES string of the molecule is COCCOc1ccc(-n2c(=O)[nH]c3c(N)ncnc32)cc1NC(=O)OC(C)(C)C. The van der Waals surface area contributed by atoms with Gasteiger partial charge >= 0.3 is 11.8 Å². The molecule has 11 heteroatoms. The van der Waals surface area contributed by atoms with Gasteiger partial charge in [0.25, 0.3) is 0 Å². The molecule has 3 aromatic rings. The third kappa shape index (κ3) is 4.69. The van der Waals surface area contributed by atoms with Gasteiger partial charge in [-0.2, -0.15) is 0 Å². The van der Waals surface area contributed by atoms with Crippen LogP contribution in [-0.4, -0.2) is 51.5 Å². The van der Waals surface area contributed by atoms with Crippen molar-refractivity contribution in [3.8, 4) is 11.4 Å². The van der Waals surface area contributed by atoms with Crippen molar-refractivity contribution in [3.05, 3.63) is 35.0 Å². The molecular formula is C19H24N6O5. The number of hydrogen-bond donors (Lipinski definition) is 3. The Balaban J connectivity index is 2.03. The van der Waals surface area contributed by atoms with Crippen LogP contribution in [0.2, 0.25) is 0 Å². The number of nitrogens with zero attached hydrogens (tertiary/aromatic N) is 3. The van der Waals surface area contributed by atoms with Gasteiger partial charge in [-0.3, -0.25) is 5.32 Å². The van der Waals surface area contributed by atoms with Crippen LogP contribution in [0.25, 0.3) is 16.9 Å². The van der Waals surface area contributed by atoms with Crippen LogP contribution in [0.1, 0.15) is 20.8 Å². The molecule has 160 valence electrons. The van der Waals surface area contributed by atoms with Gasteiger partial charge in [-0.05, 0) is 39.0 Å². The number of carbonyl (C=O) groups excluding carboxylic acids is 1. The zero-order valence-electron chi connectivity index (χ0n) is 17.2. The number of imidazole rings is 1. The number of aromatic nitrogens is 4. The first kappa shape index (κ1) is 21.1. The number of benzene rings is 1.